The van der Waals surface area contributed by atoms with Crippen molar-refractivity contribution < 1.29 is 4.74 Å². The van der Waals surface area contributed by atoms with Crippen molar-refractivity contribution in [1.29, 1.82) is 0 Å². The fourth-order valence-electron chi connectivity index (χ4n) is 3.23. The number of nitrogens with one attached hydrogen (secondary N) is 1. The van der Waals surface area contributed by atoms with Crippen LogP contribution in [0.2, 0.25) is 0 Å². The summed E-state index contributed by atoms with van der Waals surface area (Å²) in [5, 5.41) is 3.72. The first-order valence-electron chi connectivity index (χ1n) is 7.73. The van der Waals surface area contributed by atoms with Gasteiger partial charge in [0.15, 0.2) is 0 Å². The van der Waals surface area contributed by atoms with Crippen LogP contribution in [0.25, 0.3) is 0 Å². The molecule has 1 atom stereocenters. The molecule has 1 aliphatic rings. The van der Waals surface area contributed by atoms with E-state index in [1.54, 1.807) is 7.11 Å². The molecule has 0 bridgehead atoms. The number of nitrogens with zero attached hydrogens (tertiary/aromatic N) is 1. The van der Waals surface area contributed by atoms with E-state index in [-0.39, 0.29) is 0 Å². The van der Waals surface area contributed by atoms with Crippen LogP contribution in [0.1, 0.15) is 44.2 Å². The lowest BCUT2D eigenvalue weighted by atomic mass is 9.95. The van der Waals surface area contributed by atoms with Gasteiger partial charge >= 0.3 is 0 Å². The van der Waals surface area contributed by atoms with Crippen LogP contribution in [0.15, 0.2) is 22.7 Å². The van der Waals surface area contributed by atoms with Crippen molar-refractivity contribution in [2.24, 2.45) is 0 Å². The second-order valence-corrected chi connectivity index (χ2v) is 7.18. The summed E-state index contributed by atoms with van der Waals surface area (Å²) >= 11 is 3.57. The lowest BCUT2D eigenvalue weighted by Crippen LogP contribution is -2.50. The highest BCUT2D eigenvalue weighted by molar-refractivity contribution is 9.10. The van der Waals surface area contributed by atoms with Gasteiger partial charge in [0.05, 0.1) is 11.6 Å². The molecule has 4 heteroatoms. The predicted molar refractivity (Wildman–Crippen MR) is 92.0 cm³/mol. The van der Waals surface area contributed by atoms with Crippen molar-refractivity contribution in [2.75, 3.05) is 27.7 Å². The summed E-state index contributed by atoms with van der Waals surface area (Å²) in [5.41, 5.74) is 1.62. The van der Waals surface area contributed by atoms with E-state index in [1.807, 2.05) is 6.07 Å². The third-order valence-electron chi connectivity index (χ3n) is 4.90. The largest absolute Gasteiger partial charge is 0.496 e. The maximum Gasteiger partial charge on any atom is 0.133 e. The first-order chi connectivity index (χ1) is 9.98. The molecule has 1 saturated carbocycles. The van der Waals surface area contributed by atoms with Crippen molar-refractivity contribution in [2.45, 2.75) is 44.2 Å². The van der Waals surface area contributed by atoms with E-state index < -0.39 is 0 Å². The molecule has 1 aromatic carbocycles. The van der Waals surface area contributed by atoms with Crippen LogP contribution in [-0.4, -0.2) is 38.2 Å². The summed E-state index contributed by atoms with van der Waals surface area (Å²) in [6, 6.07) is 6.64. The Morgan fingerprint density at radius 3 is 2.52 bits per heavy atom. The molecule has 2 rings (SSSR count). The number of hydrogen-bond acceptors (Lipinski definition) is 3. The van der Waals surface area contributed by atoms with Gasteiger partial charge in [0.25, 0.3) is 0 Å². The summed E-state index contributed by atoms with van der Waals surface area (Å²) in [4.78, 5) is 2.41. The summed E-state index contributed by atoms with van der Waals surface area (Å²) in [5.74, 6) is 0.881. The SMILES string of the molecule is COc1ccc(C(C)NCC2(N(C)C)CCCC2)cc1Br. The molecule has 0 saturated heterocycles. The fourth-order valence-corrected chi connectivity index (χ4v) is 3.79. The minimum Gasteiger partial charge on any atom is -0.496 e. The number of halogens is 1. The van der Waals surface area contributed by atoms with Gasteiger partial charge in [-0.1, -0.05) is 18.9 Å². The molecule has 1 fully saturated rings. The molecule has 0 spiro atoms. The molecule has 0 heterocycles. The molecule has 118 valence electrons. The Morgan fingerprint density at radius 2 is 2.00 bits per heavy atom. The third-order valence-corrected chi connectivity index (χ3v) is 5.52. The standard InChI is InChI=1S/C17H27BrN2O/c1-13(14-7-8-16(21-4)15(18)11-14)19-12-17(20(2)3)9-5-6-10-17/h7-8,11,13,19H,5-6,9-10,12H2,1-4H3. The number of likely N-dealkylation sites (N-methyl/N-ethyl adjacent to an activating group) is 1. The topological polar surface area (TPSA) is 24.5 Å². The van der Waals surface area contributed by atoms with E-state index in [0.29, 0.717) is 11.6 Å². The predicted octanol–water partition coefficient (Wildman–Crippen LogP) is 3.98. The van der Waals surface area contributed by atoms with Crippen molar-refractivity contribution >= 4 is 15.9 Å². The Hall–Kier alpha value is -0.580. The quantitative estimate of drug-likeness (QED) is 0.835. The van der Waals surface area contributed by atoms with E-state index in [1.165, 1.54) is 31.2 Å². The molecule has 0 amide bonds. The van der Waals surface area contributed by atoms with E-state index in [9.17, 15) is 0 Å². The van der Waals surface area contributed by atoms with Gasteiger partial charge < -0.3 is 15.0 Å². The molecule has 0 aliphatic heterocycles. The Bertz CT molecular complexity index is 470. The van der Waals surface area contributed by atoms with Gasteiger partial charge in [-0.25, -0.2) is 0 Å². The maximum atomic E-state index is 5.29. The van der Waals surface area contributed by atoms with Crippen LogP contribution < -0.4 is 10.1 Å². The number of ether oxygens (including phenoxy) is 1. The lowest BCUT2D eigenvalue weighted by Gasteiger charge is -2.37. The number of methoxy groups -OCH3 is 1. The number of rotatable bonds is 6. The number of hydrogen-bond donors (Lipinski definition) is 1. The van der Waals surface area contributed by atoms with Crippen LogP contribution >= 0.6 is 15.9 Å². The van der Waals surface area contributed by atoms with Crippen molar-refractivity contribution in [1.82, 2.24) is 10.2 Å². The molecule has 0 aromatic heterocycles. The summed E-state index contributed by atoms with van der Waals surface area (Å²) in [7, 11) is 6.12. The minimum atomic E-state index is 0.331. The summed E-state index contributed by atoms with van der Waals surface area (Å²) in [6.45, 7) is 3.28. The van der Waals surface area contributed by atoms with Crippen LogP contribution in [0.3, 0.4) is 0 Å². The monoisotopic (exact) mass is 354 g/mol. The molecule has 1 unspecified atom stereocenters. The van der Waals surface area contributed by atoms with E-state index in [0.717, 1.165) is 16.8 Å². The van der Waals surface area contributed by atoms with Gasteiger partial charge in [-0.05, 0) is 67.5 Å². The molecular formula is C17H27BrN2O. The van der Waals surface area contributed by atoms with Crippen molar-refractivity contribution in [3.8, 4) is 5.75 Å². The number of benzene rings is 1. The van der Waals surface area contributed by atoms with Crippen LogP contribution in [0, 0.1) is 0 Å². The maximum absolute atomic E-state index is 5.29. The molecule has 1 aromatic rings. The normalized spacial score (nSPS) is 19.0. The molecule has 21 heavy (non-hydrogen) atoms. The lowest BCUT2D eigenvalue weighted by molar-refractivity contribution is 0.150. The van der Waals surface area contributed by atoms with Gasteiger partial charge in [0.2, 0.25) is 0 Å². The first-order valence-corrected chi connectivity index (χ1v) is 8.52. The molecule has 0 radical (unpaired) electrons. The van der Waals surface area contributed by atoms with E-state index in [2.05, 4.69) is 59.3 Å². The Labute approximate surface area is 137 Å². The molecule has 1 aliphatic carbocycles. The zero-order valence-electron chi connectivity index (χ0n) is 13.6. The Balaban J connectivity index is 2.01. The van der Waals surface area contributed by atoms with Gasteiger partial charge in [-0.15, -0.1) is 0 Å². The first kappa shape index (κ1) is 16.8. The average molecular weight is 355 g/mol. The minimum absolute atomic E-state index is 0.331. The molecule has 3 nitrogen and oxygen atoms in total. The fraction of sp³-hybridized carbons (Fsp3) is 0.647. The van der Waals surface area contributed by atoms with Crippen LogP contribution in [0.5, 0.6) is 5.75 Å². The van der Waals surface area contributed by atoms with Gasteiger partial charge in [0.1, 0.15) is 5.75 Å². The molecular weight excluding hydrogens is 328 g/mol. The van der Waals surface area contributed by atoms with Gasteiger partial charge in [0, 0.05) is 18.1 Å². The van der Waals surface area contributed by atoms with E-state index >= 15 is 0 Å². The smallest absolute Gasteiger partial charge is 0.133 e. The second kappa shape index (κ2) is 7.12. The highest BCUT2D eigenvalue weighted by Gasteiger charge is 2.35. The van der Waals surface area contributed by atoms with Crippen LogP contribution in [-0.2, 0) is 0 Å². The van der Waals surface area contributed by atoms with Gasteiger partial charge in [-0.2, -0.15) is 0 Å². The zero-order valence-corrected chi connectivity index (χ0v) is 15.2. The van der Waals surface area contributed by atoms with E-state index in [4.69, 9.17) is 4.74 Å². The highest BCUT2D eigenvalue weighted by atomic mass is 79.9. The van der Waals surface area contributed by atoms with Gasteiger partial charge in [-0.3, -0.25) is 0 Å². The highest BCUT2D eigenvalue weighted by Crippen LogP contribution is 2.34. The van der Waals surface area contributed by atoms with Crippen molar-refractivity contribution in [3.63, 3.8) is 0 Å². The summed E-state index contributed by atoms with van der Waals surface area (Å²) in [6.07, 6.45) is 5.29. The Kier molecular flexibility index (Phi) is 5.69. The second-order valence-electron chi connectivity index (χ2n) is 6.32. The molecule has 1 N–H and O–H groups in total. The zero-order chi connectivity index (χ0) is 15.5. The van der Waals surface area contributed by atoms with Crippen LogP contribution in [0.4, 0.5) is 0 Å². The van der Waals surface area contributed by atoms with Crippen molar-refractivity contribution in [3.05, 3.63) is 28.2 Å². The average Bonchev–Trinajstić information content (AvgIpc) is 2.95. The summed E-state index contributed by atoms with van der Waals surface area (Å²) < 4.78 is 6.31. The third kappa shape index (κ3) is 3.79. The Morgan fingerprint density at radius 1 is 1.33 bits per heavy atom.